The molecule has 0 spiro atoms. The molecule has 0 unspecified atom stereocenters. The van der Waals surface area contributed by atoms with Crippen molar-refractivity contribution in [2.24, 2.45) is 0 Å². The smallest absolute Gasteiger partial charge is 0.328 e. The molecule has 0 aliphatic rings. The van der Waals surface area contributed by atoms with E-state index in [1.165, 1.54) is 29.7 Å². The zero-order valence-electron chi connectivity index (χ0n) is 11.2. The Balaban J connectivity index is 2.11. The Kier molecular flexibility index (Phi) is 4.39. The molecule has 2 heterocycles. The number of aromatic amines is 1. The molecular weight excluding hydrogens is 274 g/mol. The van der Waals surface area contributed by atoms with Gasteiger partial charge in [-0.1, -0.05) is 0 Å². The van der Waals surface area contributed by atoms with E-state index >= 15 is 0 Å². The van der Waals surface area contributed by atoms with Crippen molar-refractivity contribution in [2.75, 3.05) is 7.05 Å². The van der Waals surface area contributed by atoms with Crippen LogP contribution in [0.15, 0.2) is 30.9 Å². The number of carbonyl (C=O) groups is 2. The average Bonchev–Trinajstić information content (AvgIpc) is 2.97. The Morgan fingerprint density at radius 3 is 2.90 bits per heavy atom. The number of H-pyrrole nitrogens is 1. The molecule has 2 aromatic heterocycles. The van der Waals surface area contributed by atoms with E-state index in [1.54, 1.807) is 13.1 Å². The summed E-state index contributed by atoms with van der Waals surface area (Å²) >= 11 is 0. The number of rotatable bonds is 5. The van der Waals surface area contributed by atoms with Crippen molar-refractivity contribution >= 4 is 18.0 Å². The van der Waals surface area contributed by atoms with Crippen molar-refractivity contribution in [3.05, 3.63) is 47.8 Å². The topological polar surface area (TPSA) is 112 Å². The number of carboxylic acids is 1. The zero-order valence-corrected chi connectivity index (χ0v) is 11.2. The van der Waals surface area contributed by atoms with Gasteiger partial charge in [0.15, 0.2) is 0 Å². The molecule has 0 saturated carbocycles. The maximum atomic E-state index is 12.2. The fourth-order valence-electron chi connectivity index (χ4n) is 1.66. The van der Waals surface area contributed by atoms with Crippen LogP contribution in [0.25, 0.3) is 6.08 Å². The number of carbonyl (C=O) groups excluding carboxylic acids is 1. The Labute approximate surface area is 120 Å². The second-order valence-corrected chi connectivity index (χ2v) is 4.27. The highest BCUT2D eigenvalue weighted by Gasteiger charge is 2.13. The van der Waals surface area contributed by atoms with Crippen LogP contribution in [-0.2, 0) is 11.3 Å². The monoisotopic (exact) mass is 287 g/mol. The Morgan fingerprint density at radius 1 is 1.43 bits per heavy atom. The van der Waals surface area contributed by atoms with E-state index in [1.807, 2.05) is 0 Å². The third kappa shape index (κ3) is 3.96. The molecule has 0 bridgehead atoms. The van der Waals surface area contributed by atoms with Crippen LogP contribution in [0.3, 0.4) is 0 Å². The molecule has 0 radical (unpaired) electrons. The van der Waals surface area contributed by atoms with Gasteiger partial charge in [0.25, 0.3) is 5.91 Å². The van der Waals surface area contributed by atoms with Gasteiger partial charge in [-0.25, -0.2) is 9.78 Å². The van der Waals surface area contributed by atoms with Crippen LogP contribution in [0.1, 0.15) is 21.7 Å². The number of hydrogen-bond acceptors (Lipinski definition) is 5. The maximum Gasteiger partial charge on any atom is 0.328 e. The molecule has 108 valence electrons. The first-order valence-corrected chi connectivity index (χ1v) is 6.02. The van der Waals surface area contributed by atoms with Crippen molar-refractivity contribution in [1.29, 1.82) is 0 Å². The van der Waals surface area contributed by atoms with Crippen LogP contribution in [-0.4, -0.2) is 49.1 Å². The fourth-order valence-corrected chi connectivity index (χ4v) is 1.66. The maximum absolute atomic E-state index is 12.2. The zero-order chi connectivity index (χ0) is 15.2. The van der Waals surface area contributed by atoms with Crippen molar-refractivity contribution in [3.8, 4) is 0 Å². The van der Waals surface area contributed by atoms with E-state index in [0.29, 0.717) is 17.0 Å². The lowest BCUT2D eigenvalue weighted by molar-refractivity contribution is -0.131. The van der Waals surface area contributed by atoms with Gasteiger partial charge >= 0.3 is 5.97 Å². The van der Waals surface area contributed by atoms with Gasteiger partial charge in [-0.2, -0.15) is 5.10 Å². The number of aromatic nitrogens is 4. The molecule has 8 heteroatoms. The quantitative estimate of drug-likeness (QED) is 0.777. The normalized spacial score (nSPS) is 10.7. The third-order valence-corrected chi connectivity index (χ3v) is 2.62. The standard InChI is InChI=1S/C13H13N5O3/c1-18(7-11-15-8-16-17-11)13(21)10-4-9(5-14-6-10)2-3-12(19)20/h2-6,8H,7H2,1H3,(H,19,20)(H,15,16,17). The number of amides is 1. The van der Waals surface area contributed by atoms with Gasteiger partial charge in [0, 0.05) is 25.5 Å². The largest absolute Gasteiger partial charge is 0.478 e. The molecule has 2 N–H and O–H groups in total. The Hall–Kier alpha value is -3.03. The van der Waals surface area contributed by atoms with Gasteiger partial charge in [-0.05, 0) is 17.7 Å². The number of pyridine rings is 1. The van der Waals surface area contributed by atoms with Crippen LogP contribution in [0, 0.1) is 0 Å². The summed E-state index contributed by atoms with van der Waals surface area (Å²) in [5.41, 5.74) is 0.904. The molecule has 0 aliphatic heterocycles. The molecule has 0 atom stereocenters. The van der Waals surface area contributed by atoms with Crippen LogP contribution in [0.4, 0.5) is 0 Å². The molecule has 2 rings (SSSR count). The van der Waals surface area contributed by atoms with Crippen molar-refractivity contribution in [1.82, 2.24) is 25.1 Å². The molecule has 0 aromatic carbocycles. The number of nitrogens with one attached hydrogen (secondary N) is 1. The minimum absolute atomic E-state index is 0.246. The highest BCUT2D eigenvalue weighted by molar-refractivity contribution is 5.94. The molecule has 2 aromatic rings. The molecule has 21 heavy (non-hydrogen) atoms. The highest BCUT2D eigenvalue weighted by atomic mass is 16.4. The van der Waals surface area contributed by atoms with E-state index < -0.39 is 5.97 Å². The summed E-state index contributed by atoms with van der Waals surface area (Å²) < 4.78 is 0. The Morgan fingerprint density at radius 2 is 2.24 bits per heavy atom. The molecule has 1 amide bonds. The average molecular weight is 287 g/mol. The van der Waals surface area contributed by atoms with Gasteiger partial charge in [0.1, 0.15) is 12.2 Å². The summed E-state index contributed by atoms with van der Waals surface area (Å²) in [5, 5.41) is 15.0. The fraction of sp³-hybridized carbons (Fsp3) is 0.154. The molecule has 8 nitrogen and oxygen atoms in total. The summed E-state index contributed by atoms with van der Waals surface area (Å²) in [6.45, 7) is 0.286. The van der Waals surface area contributed by atoms with Crippen LogP contribution < -0.4 is 0 Å². The van der Waals surface area contributed by atoms with Gasteiger partial charge < -0.3 is 10.0 Å². The lowest BCUT2D eigenvalue weighted by atomic mass is 10.1. The summed E-state index contributed by atoms with van der Waals surface area (Å²) in [6, 6.07) is 1.58. The van der Waals surface area contributed by atoms with Crippen LogP contribution >= 0.6 is 0 Å². The predicted octanol–water partition coefficient (Wildman–Crippen LogP) is 0.570. The van der Waals surface area contributed by atoms with Gasteiger partial charge in [-0.3, -0.25) is 14.9 Å². The molecule has 0 saturated heterocycles. The number of nitrogens with zero attached hydrogens (tertiary/aromatic N) is 4. The summed E-state index contributed by atoms with van der Waals surface area (Å²) in [4.78, 5) is 32.1. The summed E-state index contributed by atoms with van der Waals surface area (Å²) in [5.74, 6) is -0.737. The van der Waals surface area contributed by atoms with Crippen LogP contribution in [0.5, 0.6) is 0 Å². The lowest BCUT2D eigenvalue weighted by Crippen LogP contribution is -2.26. The summed E-state index contributed by atoms with van der Waals surface area (Å²) in [7, 11) is 1.63. The molecule has 0 aliphatic carbocycles. The number of carboxylic acid groups (broad SMARTS) is 1. The van der Waals surface area contributed by atoms with Gasteiger partial charge in [-0.15, -0.1) is 0 Å². The van der Waals surface area contributed by atoms with Gasteiger partial charge in [0.2, 0.25) is 0 Å². The highest BCUT2D eigenvalue weighted by Crippen LogP contribution is 2.08. The molecular formula is C13H13N5O3. The molecule has 0 fully saturated rings. The SMILES string of the molecule is CN(Cc1ncn[nH]1)C(=O)c1cncc(C=CC(=O)O)c1. The third-order valence-electron chi connectivity index (χ3n) is 2.62. The first-order chi connectivity index (χ1) is 10.1. The van der Waals surface area contributed by atoms with Crippen molar-refractivity contribution in [3.63, 3.8) is 0 Å². The van der Waals surface area contributed by atoms with Crippen LogP contribution in [0.2, 0.25) is 0 Å². The number of hydrogen-bond donors (Lipinski definition) is 2. The second kappa shape index (κ2) is 6.42. The van der Waals surface area contributed by atoms with E-state index in [4.69, 9.17) is 5.11 Å². The van der Waals surface area contributed by atoms with Crippen molar-refractivity contribution < 1.29 is 14.7 Å². The van der Waals surface area contributed by atoms with E-state index in [0.717, 1.165) is 6.08 Å². The first kappa shape index (κ1) is 14.4. The van der Waals surface area contributed by atoms with Crippen molar-refractivity contribution in [2.45, 2.75) is 6.54 Å². The summed E-state index contributed by atoms with van der Waals surface area (Å²) in [6.07, 6.45) is 6.64. The lowest BCUT2D eigenvalue weighted by Gasteiger charge is -2.15. The van der Waals surface area contributed by atoms with E-state index in [2.05, 4.69) is 20.2 Å². The number of aliphatic carboxylic acids is 1. The minimum Gasteiger partial charge on any atom is -0.478 e. The van der Waals surface area contributed by atoms with E-state index in [9.17, 15) is 9.59 Å². The predicted molar refractivity (Wildman–Crippen MR) is 73.1 cm³/mol. The Bertz CT molecular complexity index is 666. The van der Waals surface area contributed by atoms with Gasteiger partial charge in [0.05, 0.1) is 12.1 Å². The second-order valence-electron chi connectivity index (χ2n) is 4.27. The van der Waals surface area contributed by atoms with E-state index in [-0.39, 0.29) is 12.5 Å². The minimum atomic E-state index is -1.06. The first-order valence-electron chi connectivity index (χ1n) is 6.02.